The van der Waals surface area contributed by atoms with Gasteiger partial charge in [0.1, 0.15) is 5.75 Å². The third-order valence-corrected chi connectivity index (χ3v) is 4.31. The number of benzene rings is 2. The van der Waals surface area contributed by atoms with E-state index in [0.29, 0.717) is 12.2 Å². The maximum atomic E-state index is 12.0. The molecule has 0 unspecified atom stereocenters. The summed E-state index contributed by atoms with van der Waals surface area (Å²) in [5.74, 6) is 0.321. The van der Waals surface area contributed by atoms with Crippen molar-refractivity contribution in [2.24, 2.45) is 0 Å². The predicted molar refractivity (Wildman–Crippen MR) is 99.7 cm³/mol. The number of ether oxygens (including phenoxy) is 1. The minimum absolute atomic E-state index is 0.229. The van der Waals surface area contributed by atoms with Gasteiger partial charge in [-0.25, -0.2) is 0 Å². The monoisotopic (exact) mass is 358 g/mol. The Bertz CT molecular complexity index is 700. The van der Waals surface area contributed by atoms with Gasteiger partial charge in [0, 0.05) is 10.5 Å². The third kappa shape index (κ3) is 6.51. The van der Waals surface area contributed by atoms with Gasteiger partial charge in [0.2, 0.25) is 5.91 Å². The zero-order chi connectivity index (χ0) is 18.1. The smallest absolute Gasteiger partial charge is 0.269 e. The van der Waals surface area contributed by atoms with Crippen molar-refractivity contribution in [2.75, 3.05) is 12.4 Å². The van der Waals surface area contributed by atoms with Crippen molar-refractivity contribution in [3.05, 3.63) is 59.7 Å². The molecule has 0 heterocycles. The van der Waals surface area contributed by atoms with Crippen LogP contribution in [0.1, 0.15) is 29.3 Å². The zero-order valence-electron chi connectivity index (χ0n) is 14.4. The first-order valence-electron chi connectivity index (χ1n) is 8.10. The molecule has 0 spiro atoms. The van der Waals surface area contributed by atoms with Gasteiger partial charge >= 0.3 is 0 Å². The molecule has 0 radical (unpaired) electrons. The van der Waals surface area contributed by atoms with Crippen molar-refractivity contribution in [2.45, 2.75) is 25.2 Å². The summed E-state index contributed by atoms with van der Waals surface area (Å²) in [6.07, 6.45) is 0.925. The van der Waals surface area contributed by atoms with Crippen LogP contribution < -0.4 is 15.6 Å². The van der Waals surface area contributed by atoms with E-state index in [1.807, 2.05) is 38.1 Å². The number of carbonyl (C=O) groups is 2. The van der Waals surface area contributed by atoms with Crippen LogP contribution in [0.3, 0.4) is 0 Å². The fourth-order valence-corrected chi connectivity index (χ4v) is 2.64. The van der Waals surface area contributed by atoms with Crippen LogP contribution in [0, 0.1) is 6.92 Å². The molecule has 0 atom stereocenters. The van der Waals surface area contributed by atoms with Crippen LogP contribution >= 0.6 is 11.8 Å². The first-order valence-corrected chi connectivity index (χ1v) is 9.08. The Labute approximate surface area is 152 Å². The van der Waals surface area contributed by atoms with E-state index in [-0.39, 0.29) is 17.6 Å². The lowest BCUT2D eigenvalue weighted by molar-refractivity contribution is -0.119. The highest BCUT2D eigenvalue weighted by Gasteiger charge is 2.08. The molecule has 0 aromatic heterocycles. The first kappa shape index (κ1) is 18.9. The van der Waals surface area contributed by atoms with Gasteiger partial charge in [0.05, 0.1) is 12.4 Å². The van der Waals surface area contributed by atoms with E-state index in [0.717, 1.165) is 17.1 Å². The normalized spacial score (nSPS) is 10.2. The standard InChI is InChI=1S/C19H22N2O3S/c1-3-12-24-16-8-6-15(7-9-16)19(23)21-20-18(22)13-25-17-10-4-14(2)5-11-17/h4-11H,3,12-13H2,1-2H3,(H,20,22)(H,21,23). The molecule has 6 heteroatoms. The Morgan fingerprint density at radius 2 is 1.68 bits per heavy atom. The Hall–Kier alpha value is -2.47. The number of hydrogen-bond donors (Lipinski definition) is 2. The van der Waals surface area contributed by atoms with Gasteiger partial charge in [-0.3, -0.25) is 20.4 Å². The van der Waals surface area contributed by atoms with Crippen LogP contribution in [0.5, 0.6) is 5.75 Å². The predicted octanol–water partition coefficient (Wildman–Crippen LogP) is 3.34. The molecule has 132 valence electrons. The Balaban J connectivity index is 1.74. The van der Waals surface area contributed by atoms with Crippen LogP contribution in [0.2, 0.25) is 0 Å². The number of thioether (sulfide) groups is 1. The third-order valence-electron chi connectivity index (χ3n) is 3.30. The topological polar surface area (TPSA) is 67.4 Å². The summed E-state index contributed by atoms with van der Waals surface area (Å²) in [6.45, 7) is 4.68. The van der Waals surface area contributed by atoms with Gasteiger partial charge in [-0.15, -0.1) is 11.8 Å². The molecule has 0 aliphatic rings. The maximum absolute atomic E-state index is 12.0. The molecule has 2 aromatic carbocycles. The molecule has 0 fully saturated rings. The number of carbonyl (C=O) groups excluding carboxylic acids is 2. The van der Waals surface area contributed by atoms with E-state index in [1.165, 1.54) is 17.3 Å². The van der Waals surface area contributed by atoms with Gasteiger partial charge in [0.15, 0.2) is 0 Å². The van der Waals surface area contributed by atoms with Crippen LogP contribution in [-0.4, -0.2) is 24.2 Å². The average Bonchev–Trinajstić information content (AvgIpc) is 2.64. The molecule has 0 saturated carbocycles. The minimum Gasteiger partial charge on any atom is -0.494 e. The van der Waals surface area contributed by atoms with Crippen molar-refractivity contribution in [1.82, 2.24) is 10.9 Å². The van der Waals surface area contributed by atoms with Gasteiger partial charge in [-0.1, -0.05) is 24.6 Å². The molecule has 2 rings (SSSR count). The van der Waals surface area contributed by atoms with Gasteiger partial charge in [-0.2, -0.15) is 0 Å². The largest absolute Gasteiger partial charge is 0.494 e. The molecular weight excluding hydrogens is 336 g/mol. The van der Waals surface area contributed by atoms with Crippen molar-refractivity contribution in [3.8, 4) is 5.75 Å². The molecule has 5 nitrogen and oxygen atoms in total. The highest BCUT2D eigenvalue weighted by Crippen LogP contribution is 2.17. The van der Waals surface area contributed by atoms with Gasteiger partial charge in [-0.05, 0) is 49.7 Å². The molecule has 25 heavy (non-hydrogen) atoms. The molecule has 2 amide bonds. The summed E-state index contributed by atoms with van der Waals surface area (Å²) >= 11 is 1.41. The summed E-state index contributed by atoms with van der Waals surface area (Å²) < 4.78 is 5.47. The van der Waals surface area contributed by atoms with E-state index in [4.69, 9.17) is 4.74 Å². The molecular formula is C19H22N2O3S. The van der Waals surface area contributed by atoms with E-state index >= 15 is 0 Å². The van der Waals surface area contributed by atoms with Crippen LogP contribution in [0.25, 0.3) is 0 Å². The molecule has 0 bridgehead atoms. The lowest BCUT2D eigenvalue weighted by Gasteiger charge is -2.08. The second kappa shape index (κ2) is 9.74. The van der Waals surface area contributed by atoms with Crippen molar-refractivity contribution in [1.29, 1.82) is 0 Å². The maximum Gasteiger partial charge on any atom is 0.269 e. The lowest BCUT2D eigenvalue weighted by atomic mass is 10.2. The number of rotatable bonds is 7. The summed E-state index contributed by atoms with van der Waals surface area (Å²) in [6, 6.07) is 14.7. The fourth-order valence-electron chi connectivity index (χ4n) is 1.94. The summed E-state index contributed by atoms with van der Waals surface area (Å²) in [5.41, 5.74) is 6.46. The summed E-state index contributed by atoms with van der Waals surface area (Å²) in [7, 11) is 0. The van der Waals surface area contributed by atoms with E-state index in [2.05, 4.69) is 10.9 Å². The van der Waals surface area contributed by atoms with Crippen LogP contribution in [-0.2, 0) is 4.79 Å². The number of amides is 2. The van der Waals surface area contributed by atoms with E-state index in [9.17, 15) is 9.59 Å². The van der Waals surface area contributed by atoms with Crippen LogP contribution in [0.4, 0.5) is 0 Å². The van der Waals surface area contributed by atoms with Crippen molar-refractivity contribution < 1.29 is 14.3 Å². The molecule has 0 saturated heterocycles. The SMILES string of the molecule is CCCOc1ccc(C(=O)NNC(=O)CSc2ccc(C)cc2)cc1. The van der Waals surface area contributed by atoms with Gasteiger partial charge in [0.25, 0.3) is 5.91 Å². The Morgan fingerprint density at radius 1 is 1.00 bits per heavy atom. The fraction of sp³-hybridized carbons (Fsp3) is 0.263. The average molecular weight is 358 g/mol. The number of hydrazine groups is 1. The molecule has 0 aliphatic carbocycles. The van der Waals surface area contributed by atoms with Crippen LogP contribution in [0.15, 0.2) is 53.4 Å². The number of aryl methyl sites for hydroxylation is 1. The minimum atomic E-state index is -0.365. The second-order valence-electron chi connectivity index (χ2n) is 5.48. The zero-order valence-corrected chi connectivity index (χ0v) is 15.2. The molecule has 2 N–H and O–H groups in total. The van der Waals surface area contributed by atoms with Crippen molar-refractivity contribution >= 4 is 23.6 Å². The molecule has 0 aliphatic heterocycles. The lowest BCUT2D eigenvalue weighted by Crippen LogP contribution is -2.42. The molecule has 2 aromatic rings. The quantitative estimate of drug-likeness (QED) is 0.588. The van der Waals surface area contributed by atoms with Gasteiger partial charge < -0.3 is 4.74 Å². The van der Waals surface area contributed by atoms with E-state index in [1.54, 1.807) is 24.3 Å². The highest BCUT2D eigenvalue weighted by molar-refractivity contribution is 8.00. The first-order chi connectivity index (χ1) is 12.1. The second-order valence-corrected chi connectivity index (χ2v) is 6.53. The number of nitrogens with one attached hydrogen (secondary N) is 2. The number of hydrogen-bond acceptors (Lipinski definition) is 4. The highest BCUT2D eigenvalue weighted by atomic mass is 32.2. The summed E-state index contributed by atoms with van der Waals surface area (Å²) in [5, 5.41) is 0. The Morgan fingerprint density at radius 3 is 2.32 bits per heavy atom. The van der Waals surface area contributed by atoms with Crippen molar-refractivity contribution in [3.63, 3.8) is 0 Å². The Kier molecular flexibility index (Phi) is 7.35. The van der Waals surface area contributed by atoms with E-state index < -0.39 is 0 Å². The summed E-state index contributed by atoms with van der Waals surface area (Å²) in [4.78, 5) is 24.8.